The van der Waals surface area contributed by atoms with Crippen molar-refractivity contribution in [2.45, 2.75) is 38.5 Å². The number of rotatable bonds is 2. The van der Waals surface area contributed by atoms with Crippen molar-refractivity contribution in [1.82, 2.24) is 0 Å². The highest BCUT2D eigenvalue weighted by atomic mass is 19.1. The average molecular weight is 208 g/mol. The van der Waals surface area contributed by atoms with E-state index in [0.29, 0.717) is 0 Å². The average Bonchev–Trinajstić information content (AvgIpc) is 2.25. The number of phenolic OH excluding ortho intramolecular Hbond substituents is 1. The number of phenols is 1. The van der Waals surface area contributed by atoms with E-state index in [1.54, 1.807) is 12.1 Å². The van der Waals surface area contributed by atoms with E-state index >= 15 is 0 Å². The zero-order chi connectivity index (χ0) is 10.7. The molecule has 0 saturated heterocycles. The first-order valence-electron chi connectivity index (χ1n) is 5.73. The SMILES string of the molecule is Oc1cc(CC2CCCCC2)ccc1F. The molecule has 0 heterocycles. The molecule has 1 N–H and O–H groups in total. The molecule has 1 nitrogen and oxygen atoms in total. The van der Waals surface area contributed by atoms with Crippen LogP contribution in [0.15, 0.2) is 18.2 Å². The molecular formula is C13H17FO. The van der Waals surface area contributed by atoms with E-state index in [-0.39, 0.29) is 5.75 Å². The zero-order valence-corrected chi connectivity index (χ0v) is 8.88. The second-order valence-electron chi connectivity index (χ2n) is 4.49. The summed E-state index contributed by atoms with van der Waals surface area (Å²) in [7, 11) is 0. The second-order valence-corrected chi connectivity index (χ2v) is 4.49. The van der Waals surface area contributed by atoms with E-state index < -0.39 is 5.82 Å². The third-order valence-corrected chi connectivity index (χ3v) is 3.26. The minimum absolute atomic E-state index is 0.219. The fraction of sp³-hybridized carbons (Fsp3) is 0.538. The van der Waals surface area contributed by atoms with Crippen LogP contribution in [0.3, 0.4) is 0 Å². The molecule has 0 bridgehead atoms. The molecule has 0 aliphatic heterocycles. The van der Waals surface area contributed by atoms with Gasteiger partial charge in [0.1, 0.15) is 0 Å². The van der Waals surface area contributed by atoms with E-state index in [0.717, 1.165) is 17.9 Å². The molecule has 0 unspecified atom stereocenters. The van der Waals surface area contributed by atoms with Gasteiger partial charge in [-0.2, -0.15) is 0 Å². The smallest absolute Gasteiger partial charge is 0.164 e. The summed E-state index contributed by atoms with van der Waals surface area (Å²) in [5, 5.41) is 9.25. The Labute approximate surface area is 89.9 Å². The van der Waals surface area contributed by atoms with Crippen molar-refractivity contribution in [2.75, 3.05) is 0 Å². The summed E-state index contributed by atoms with van der Waals surface area (Å²) < 4.78 is 12.8. The molecule has 1 aliphatic rings. The van der Waals surface area contributed by atoms with E-state index in [1.807, 2.05) is 0 Å². The highest BCUT2D eigenvalue weighted by molar-refractivity contribution is 5.29. The van der Waals surface area contributed by atoms with Gasteiger partial charge in [-0.1, -0.05) is 38.2 Å². The maximum Gasteiger partial charge on any atom is 0.164 e. The number of halogens is 1. The molecule has 1 saturated carbocycles. The van der Waals surface area contributed by atoms with Gasteiger partial charge in [-0.3, -0.25) is 0 Å². The van der Waals surface area contributed by atoms with Gasteiger partial charge in [0, 0.05) is 0 Å². The largest absolute Gasteiger partial charge is 0.505 e. The Kier molecular flexibility index (Phi) is 3.24. The summed E-state index contributed by atoms with van der Waals surface area (Å²) in [6, 6.07) is 4.70. The van der Waals surface area contributed by atoms with Crippen LogP contribution < -0.4 is 0 Å². The van der Waals surface area contributed by atoms with Crippen molar-refractivity contribution in [1.29, 1.82) is 0 Å². The lowest BCUT2D eigenvalue weighted by Crippen LogP contribution is -2.09. The van der Waals surface area contributed by atoms with Crippen LogP contribution >= 0.6 is 0 Å². The topological polar surface area (TPSA) is 20.2 Å². The van der Waals surface area contributed by atoms with Gasteiger partial charge in [0.25, 0.3) is 0 Å². The first kappa shape index (κ1) is 10.5. The molecule has 0 spiro atoms. The van der Waals surface area contributed by atoms with Gasteiger partial charge in [0.05, 0.1) is 0 Å². The summed E-state index contributed by atoms with van der Waals surface area (Å²) in [6.07, 6.45) is 7.52. The quantitative estimate of drug-likeness (QED) is 0.786. The van der Waals surface area contributed by atoms with Gasteiger partial charge in [-0.05, 0) is 30.0 Å². The van der Waals surface area contributed by atoms with Crippen molar-refractivity contribution >= 4 is 0 Å². The van der Waals surface area contributed by atoms with Gasteiger partial charge in [-0.25, -0.2) is 4.39 Å². The Morgan fingerprint density at radius 2 is 1.93 bits per heavy atom. The normalized spacial score (nSPS) is 17.9. The minimum atomic E-state index is -0.526. The molecule has 0 aromatic heterocycles. The Bertz CT molecular complexity index is 329. The summed E-state index contributed by atoms with van der Waals surface area (Å²) in [5.74, 6) is -0.0192. The predicted octanol–water partition coefficient (Wildman–Crippen LogP) is 3.65. The Morgan fingerprint density at radius 1 is 1.20 bits per heavy atom. The lowest BCUT2D eigenvalue weighted by atomic mass is 9.85. The fourth-order valence-electron chi connectivity index (χ4n) is 2.41. The van der Waals surface area contributed by atoms with Gasteiger partial charge >= 0.3 is 0 Å². The first-order valence-corrected chi connectivity index (χ1v) is 5.73. The number of hydrogen-bond donors (Lipinski definition) is 1. The standard InChI is InChI=1S/C13H17FO/c14-12-7-6-11(9-13(12)15)8-10-4-2-1-3-5-10/h6-7,9-10,15H,1-5,8H2. The number of aromatic hydroxyl groups is 1. The first-order chi connectivity index (χ1) is 7.25. The molecule has 82 valence electrons. The van der Waals surface area contributed by atoms with Crippen molar-refractivity contribution in [3.63, 3.8) is 0 Å². The fourth-order valence-corrected chi connectivity index (χ4v) is 2.41. The maximum absolute atomic E-state index is 12.8. The van der Waals surface area contributed by atoms with Crippen LogP contribution in [0, 0.1) is 11.7 Å². The molecule has 0 atom stereocenters. The monoisotopic (exact) mass is 208 g/mol. The van der Waals surface area contributed by atoms with E-state index in [2.05, 4.69) is 0 Å². The van der Waals surface area contributed by atoms with Crippen molar-refractivity contribution in [2.24, 2.45) is 5.92 Å². The molecule has 1 aromatic carbocycles. The molecule has 0 amide bonds. The van der Waals surface area contributed by atoms with Gasteiger partial charge in [0.2, 0.25) is 0 Å². The Balaban J connectivity index is 2.00. The molecule has 2 heteroatoms. The second kappa shape index (κ2) is 4.65. The highest BCUT2D eigenvalue weighted by Crippen LogP contribution is 2.28. The lowest BCUT2D eigenvalue weighted by molar-refractivity contribution is 0.355. The summed E-state index contributed by atoms with van der Waals surface area (Å²) in [4.78, 5) is 0. The molecule has 1 fully saturated rings. The minimum Gasteiger partial charge on any atom is -0.505 e. The van der Waals surface area contributed by atoms with Gasteiger partial charge in [0.15, 0.2) is 11.6 Å². The number of benzene rings is 1. The Hall–Kier alpha value is -1.05. The van der Waals surface area contributed by atoms with Gasteiger partial charge < -0.3 is 5.11 Å². The molecule has 1 aliphatic carbocycles. The summed E-state index contributed by atoms with van der Waals surface area (Å²) in [6.45, 7) is 0. The van der Waals surface area contributed by atoms with Crippen LogP contribution in [0.2, 0.25) is 0 Å². The van der Waals surface area contributed by atoms with Crippen LogP contribution in [-0.2, 0) is 6.42 Å². The van der Waals surface area contributed by atoms with Crippen LogP contribution in [0.5, 0.6) is 5.75 Å². The third-order valence-electron chi connectivity index (χ3n) is 3.26. The van der Waals surface area contributed by atoms with Gasteiger partial charge in [-0.15, -0.1) is 0 Å². The van der Waals surface area contributed by atoms with Crippen LogP contribution in [0.4, 0.5) is 4.39 Å². The maximum atomic E-state index is 12.8. The van der Waals surface area contributed by atoms with Crippen molar-refractivity contribution in [3.05, 3.63) is 29.6 Å². The molecule has 2 rings (SSSR count). The van der Waals surface area contributed by atoms with Crippen LogP contribution in [0.25, 0.3) is 0 Å². The Morgan fingerprint density at radius 3 is 2.60 bits per heavy atom. The summed E-state index contributed by atoms with van der Waals surface area (Å²) in [5.41, 5.74) is 1.06. The number of hydrogen-bond acceptors (Lipinski definition) is 1. The zero-order valence-electron chi connectivity index (χ0n) is 8.88. The van der Waals surface area contributed by atoms with E-state index in [1.165, 1.54) is 38.2 Å². The van der Waals surface area contributed by atoms with Crippen LogP contribution in [-0.4, -0.2) is 5.11 Å². The molecule has 1 aromatic rings. The molecule has 0 radical (unpaired) electrons. The van der Waals surface area contributed by atoms with Crippen molar-refractivity contribution in [3.8, 4) is 5.75 Å². The van der Waals surface area contributed by atoms with E-state index in [9.17, 15) is 9.50 Å². The molecule has 15 heavy (non-hydrogen) atoms. The molecular weight excluding hydrogens is 191 g/mol. The third kappa shape index (κ3) is 2.71. The summed E-state index contributed by atoms with van der Waals surface area (Å²) >= 11 is 0. The highest BCUT2D eigenvalue weighted by Gasteiger charge is 2.14. The lowest BCUT2D eigenvalue weighted by Gasteiger charge is -2.21. The van der Waals surface area contributed by atoms with E-state index in [4.69, 9.17) is 0 Å². The predicted molar refractivity (Wildman–Crippen MR) is 58.3 cm³/mol. The van der Waals surface area contributed by atoms with Crippen molar-refractivity contribution < 1.29 is 9.50 Å². The van der Waals surface area contributed by atoms with Crippen LogP contribution in [0.1, 0.15) is 37.7 Å².